The quantitative estimate of drug-likeness (QED) is 0.524. The molecule has 2 N–H and O–H groups in total. The van der Waals surface area contributed by atoms with Gasteiger partial charge in [-0.1, -0.05) is 69.6 Å². The topological polar surface area (TPSA) is 70.7 Å². The Labute approximate surface area is 169 Å². The maximum Gasteiger partial charge on any atom is 0.230 e. The van der Waals surface area contributed by atoms with Gasteiger partial charge in [0.1, 0.15) is 0 Å². The molecule has 0 spiro atoms. The number of carbonyl (C=O) groups excluding carboxylic acids is 1. The first-order valence-corrected chi connectivity index (χ1v) is 10.1. The summed E-state index contributed by atoms with van der Waals surface area (Å²) < 4.78 is 0.937. The highest BCUT2D eigenvalue weighted by atomic mass is 79.9. The van der Waals surface area contributed by atoms with Crippen LogP contribution in [0.15, 0.2) is 58.2 Å². The molecular weight excluding hydrogens is 436 g/mol. The molecule has 134 valence electrons. The van der Waals surface area contributed by atoms with Crippen molar-refractivity contribution in [1.29, 1.82) is 0 Å². The van der Waals surface area contributed by atoms with Crippen molar-refractivity contribution in [1.82, 2.24) is 20.5 Å². The summed E-state index contributed by atoms with van der Waals surface area (Å²) in [6, 6.07) is 15.4. The van der Waals surface area contributed by atoms with Crippen LogP contribution in [-0.2, 0) is 11.2 Å². The van der Waals surface area contributed by atoms with Crippen LogP contribution in [-0.4, -0.2) is 33.4 Å². The summed E-state index contributed by atoms with van der Waals surface area (Å²) in [5.74, 6) is 0.883. The second kappa shape index (κ2) is 9.21. The maximum atomic E-state index is 12.0. The Balaban J connectivity index is 1.45. The molecule has 0 saturated carbocycles. The van der Waals surface area contributed by atoms with Crippen LogP contribution in [0.3, 0.4) is 0 Å². The maximum absolute atomic E-state index is 12.0. The van der Waals surface area contributed by atoms with Crippen molar-refractivity contribution in [2.24, 2.45) is 0 Å². The minimum Gasteiger partial charge on any atom is -0.355 e. The van der Waals surface area contributed by atoms with E-state index < -0.39 is 0 Å². The minimum atomic E-state index is -0.0516. The smallest absolute Gasteiger partial charge is 0.230 e. The van der Waals surface area contributed by atoms with Gasteiger partial charge in [-0.25, -0.2) is 4.98 Å². The van der Waals surface area contributed by atoms with Crippen LogP contribution in [0.5, 0.6) is 0 Å². The van der Waals surface area contributed by atoms with Crippen LogP contribution < -0.4 is 5.32 Å². The van der Waals surface area contributed by atoms with E-state index in [1.165, 1.54) is 11.8 Å². The molecule has 1 aromatic heterocycles. The molecule has 0 atom stereocenters. The van der Waals surface area contributed by atoms with E-state index in [1.54, 1.807) is 0 Å². The summed E-state index contributed by atoms with van der Waals surface area (Å²) in [6.45, 7) is 0.565. The Morgan fingerprint density at radius 1 is 1.23 bits per heavy atom. The van der Waals surface area contributed by atoms with Gasteiger partial charge >= 0.3 is 0 Å². The second-order valence-corrected chi connectivity index (χ2v) is 7.70. The molecule has 3 rings (SSSR count). The highest BCUT2D eigenvalue weighted by Gasteiger charge is 2.10. The van der Waals surface area contributed by atoms with Crippen molar-refractivity contribution in [3.05, 3.63) is 63.6 Å². The van der Waals surface area contributed by atoms with E-state index in [0.29, 0.717) is 22.5 Å². The molecule has 0 aliphatic rings. The van der Waals surface area contributed by atoms with Gasteiger partial charge in [0.2, 0.25) is 11.1 Å². The molecule has 0 fully saturated rings. The zero-order chi connectivity index (χ0) is 18.4. The van der Waals surface area contributed by atoms with Crippen molar-refractivity contribution in [3.8, 4) is 11.4 Å². The van der Waals surface area contributed by atoms with Crippen molar-refractivity contribution in [3.63, 3.8) is 0 Å². The van der Waals surface area contributed by atoms with E-state index in [0.717, 1.165) is 22.0 Å². The molecule has 1 amide bonds. The predicted octanol–water partition coefficient (Wildman–Crippen LogP) is 4.34. The SMILES string of the molecule is O=C(CSc1n[nH]c(-c2ccccc2Br)n1)NCCc1cccc(Cl)c1. The summed E-state index contributed by atoms with van der Waals surface area (Å²) in [4.78, 5) is 16.4. The van der Waals surface area contributed by atoms with E-state index in [1.807, 2.05) is 48.5 Å². The monoisotopic (exact) mass is 450 g/mol. The number of thioether (sulfide) groups is 1. The normalized spacial score (nSPS) is 10.7. The highest BCUT2D eigenvalue weighted by Crippen LogP contribution is 2.26. The van der Waals surface area contributed by atoms with Crippen molar-refractivity contribution in [2.75, 3.05) is 12.3 Å². The van der Waals surface area contributed by atoms with E-state index in [9.17, 15) is 4.79 Å². The number of benzene rings is 2. The van der Waals surface area contributed by atoms with Gasteiger partial charge in [0.15, 0.2) is 5.82 Å². The van der Waals surface area contributed by atoms with Gasteiger partial charge < -0.3 is 5.32 Å². The largest absolute Gasteiger partial charge is 0.355 e. The summed E-state index contributed by atoms with van der Waals surface area (Å²) in [6.07, 6.45) is 0.740. The van der Waals surface area contributed by atoms with Gasteiger partial charge in [-0.15, -0.1) is 5.10 Å². The third-order valence-electron chi connectivity index (χ3n) is 3.55. The lowest BCUT2D eigenvalue weighted by Gasteiger charge is -2.04. The van der Waals surface area contributed by atoms with Crippen LogP contribution in [0, 0.1) is 0 Å². The van der Waals surface area contributed by atoms with Gasteiger partial charge in [0.05, 0.1) is 5.75 Å². The Hall–Kier alpha value is -1.83. The number of rotatable bonds is 7. The Kier molecular flexibility index (Phi) is 6.71. The standard InChI is InChI=1S/C18H16BrClN4OS/c19-15-7-2-1-6-14(15)17-22-18(24-23-17)26-11-16(25)21-9-8-12-4-3-5-13(20)10-12/h1-7,10H,8-9,11H2,(H,21,25)(H,22,23,24). The van der Waals surface area contributed by atoms with E-state index in [4.69, 9.17) is 11.6 Å². The van der Waals surface area contributed by atoms with Crippen molar-refractivity contribution in [2.45, 2.75) is 11.6 Å². The number of hydrogen-bond donors (Lipinski definition) is 2. The Bertz CT molecular complexity index is 902. The van der Waals surface area contributed by atoms with E-state index >= 15 is 0 Å². The summed E-state index contributed by atoms with van der Waals surface area (Å²) in [5.41, 5.74) is 2.02. The van der Waals surface area contributed by atoms with E-state index in [-0.39, 0.29) is 11.7 Å². The number of halogens is 2. The van der Waals surface area contributed by atoms with Crippen LogP contribution in [0.1, 0.15) is 5.56 Å². The lowest BCUT2D eigenvalue weighted by atomic mass is 10.1. The van der Waals surface area contributed by atoms with Crippen molar-refractivity contribution < 1.29 is 4.79 Å². The fraction of sp³-hybridized carbons (Fsp3) is 0.167. The lowest BCUT2D eigenvalue weighted by Crippen LogP contribution is -2.27. The number of H-pyrrole nitrogens is 1. The number of nitrogens with one attached hydrogen (secondary N) is 2. The molecule has 8 heteroatoms. The lowest BCUT2D eigenvalue weighted by molar-refractivity contribution is -0.118. The van der Waals surface area contributed by atoms with Crippen LogP contribution in [0.4, 0.5) is 0 Å². The number of amides is 1. The minimum absolute atomic E-state index is 0.0516. The number of carbonyl (C=O) groups is 1. The Morgan fingerprint density at radius 3 is 2.88 bits per heavy atom. The van der Waals surface area contributed by atoms with Gasteiger partial charge in [-0.2, -0.15) is 0 Å². The molecule has 0 aliphatic carbocycles. The number of nitrogens with zero attached hydrogens (tertiary/aromatic N) is 2. The highest BCUT2D eigenvalue weighted by molar-refractivity contribution is 9.10. The first-order valence-electron chi connectivity index (χ1n) is 7.93. The molecule has 26 heavy (non-hydrogen) atoms. The average molecular weight is 452 g/mol. The first-order chi connectivity index (χ1) is 12.6. The zero-order valence-electron chi connectivity index (χ0n) is 13.7. The zero-order valence-corrected chi connectivity index (χ0v) is 16.9. The number of aromatic nitrogens is 3. The molecular formula is C18H16BrClN4OS. The predicted molar refractivity (Wildman–Crippen MR) is 108 cm³/mol. The van der Waals surface area contributed by atoms with Gasteiger partial charge in [-0.05, 0) is 30.2 Å². The van der Waals surface area contributed by atoms with Gasteiger partial charge in [-0.3, -0.25) is 9.89 Å². The molecule has 0 saturated heterocycles. The number of aromatic amines is 1. The van der Waals surface area contributed by atoms with Gasteiger partial charge in [0, 0.05) is 21.6 Å². The van der Waals surface area contributed by atoms with Crippen LogP contribution >= 0.6 is 39.3 Å². The van der Waals surface area contributed by atoms with E-state index in [2.05, 4.69) is 36.4 Å². The summed E-state index contributed by atoms with van der Waals surface area (Å²) >= 11 is 10.7. The molecule has 0 radical (unpaired) electrons. The summed E-state index contributed by atoms with van der Waals surface area (Å²) in [5, 5.41) is 11.2. The second-order valence-electron chi connectivity index (χ2n) is 5.46. The molecule has 2 aromatic carbocycles. The molecule has 5 nitrogen and oxygen atoms in total. The fourth-order valence-corrected chi connectivity index (χ4v) is 3.62. The van der Waals surface area contributed by atoms with Crippen LogP contribution in [0.2, 0.25) is 5.02 Å². The van der Waals surface area contributed by atoms with Crippen molar-refractivity contribution >= 4 is 45.2 Å². The molecule has 0 unspecified atom stereocenters. The molecule has 0 bridgehead atoms. The molecule has 3 aromatic rings. The third kappa shape index (κ3) is 5.33. The third-order valence-corrected chi connectivity index (χ3v) is 5.33. The fourth-order valence-electron chi connectivity index (χ4n) is 2.30. The summed E-state index contributed by atoms with van der Waals surface area (Å²) in [7, 11) is 0. The van der Waals surface area contributed by atoms with Gasteiger partial charge in [0.25, 0.3) is 0 Å². The number of hydrogen-bond acceptors (Lipinski definition) is 4. The average Bonchev–Trinajstić information content (AvgIpc) is 3.09. The molecule has 0 aliphatic heterocycles. The molecule has 1 heterocycles. The first kappa shape index (κ1) is 18.9. The Morgan fingerprint density at radius 2 is 2.08 bits per heavy atom. The van der Waals surface area contributed by atoms with Crippen LogP contribution in [0.25, 0.3) is 11.4 Å².